The lowest BCUT2D eigenvalue weighted by atomic mass is 10.1. The summed E-state index contributed by atoms with van der Waals surface area (Å²) in [5.41, 5.74) is 1.16. The first-order chi connectivity index (χ1) is 8.83. The van der Waals surface area contributed by atoms with Crippen LogP contribution in [0.3, 0.4) is 0 Å². The molecule has 0 spiro atoms. The normalized spacial score (nSPS) is 18.6. The van der Waals surface area contributed by atoms with E-state index in [4.69, 9.17) is 6.42 Å². The fraction of sp³-hybridized carbons (Fsp3) is 0.429. The summed E-state index contributed by atoms with van der Waals surface area (Å²) in [7, 11) is 0. The van der Waals surface area contributed by atoms with Crippen molar-refractivity contribution in [2.24, 2.45) is 0 Å². The number of hydrogen-bond acceptors (Lipinski definition) is 3. The molecule has 1 aliphatic heterocycles. The van der Waals surface area contributed by atoms with Crippen molar-refractivity contribution in [3.05, 3.63) is 30.1 Å². The molecule has 1 atom stereocenters. The molecule has 1 aliphatic rings. The summed E-state index contributed by atoms with van der Waals surface area (Å²) >= 11 is 0. The van der Waals surface area contributed by atoms with Gasteiger partial charge >= 0.3 is 0 Å². The van der Waals surface area contributed by atoms with E-state index >= 15 is 0 Å². The zero-order valence-corrected chi connectivity index (χ0v) is 10.3. The van der Waals surface area contributed by atoms with E-state index in [0.29, 0.717) is 13.1 Å². The molecule has 0 aliphatic carbocycles. The molecular weight excluding hydrogens is 226 g/mol. The van der Waals surface area contributed by atoms with Crippen molar-refractivity contribution in [2.75, 3.05) is 19.6 Å². The first kappa shape index (κ1) is 12.6. The molecule has 1 fully saturated rings. The maximum absolute atomic E-state index is 12.1. The molecule has 2 rings (SSSR count). The Morgan fingerprint density at radius 2 is 2.33 bits per heavy atom. The Balaban J connectivity index is 2.00. The molecule has 4 heteroatoms. The number of carbonyl (C=O) groups excluding carboxylic acids is 1. The SMILES string of the molecule is C#CCNCC(=O)N1CCCC1c1ccncc1. The number of hydrogen-bond donors (Lipinski definition) is 1. The van der Waals surface area contributed by atoms with E-state index in [1.165, 1.54) is 0 Å². The van der Waals surface area contributed by atoms with Gasteiger partial charge in [-0.2, -0.15) is 0 Å². The summed E-state index contributed by atoms with van der Waals surface area (Å²) in [5.74, 6) is 2.58. The van der Waals surface area contributed by atoms with Crippen molar-refractivity contribution < 1.29 is 4.79 Å². The quantitative estimate of drug-likeness (QED) is 0.633. The number of nitrogens with zero attached hydrogens (tertiary/aromatic N) is 2. The topological polar surface area (TPSA) is 45.2 Å². The van der Waals surface area contributed by atoms with Crippen LogP contribution in [0.1, 0.15) is 24.4 Å². The molecule has 1 unspecified atom stereocenters. The molecule has 0 aromatic carbocycles. The van der Waals surface area contributed by atoms with E-state index in [9.17, 15) is 4.79 Å². The molecule has 1 amide bonds. The lowest BCUT2D eigenvalue weighted by Gasteiger charge is -2.25. The van der Waals surface area contributed by atoms with Gasteiger partial charge in [0.2, 0.25) is 5.91 Å². The van der Waals surface area contributed by atoms with Gasteiger partial charge in [0.1, 0.15) is 0 Å². The van der Waals surface area contributed by atoms with Crippen LogP contribution < -0.4 is 5.32 Å². The van der Waals surface area contributed by atoms with Gasteiger partial charge in [0.05, 0.1) is 19.1 Å². The second kappa shape index (κ2) is 6.18. The maximum Gasteiger partial charge on any atom is 0.237 e. The van der Waals surface area contributed by atoms with Crippen LogP contribution in [0, 0.1) is 12.3 Å². The minimum atomic E-state index is 0.115. The Bertz CT molecular complexity index is 438. The fourth-order valence-electron chi connectivity index (χ4n) is 2.34. The van der Waals surface area contributed by atoms with E-state index in [1.807, 2.05) is 17.0 Å². The monoisotopic (exact) mass is 243 g/mol. The molecule has 1 aromatic heterocycles. The average Bonchev–Trinajstić information content (AvgIpc) is 2.89. The van der Waals surface area contributed by atoms with Gasteiger partial charge in [-0.25, -0.2) is 0 Å². The van der Waals surface area contributed by atoms with Gasteiger partial charge in [-0.15, -0.1) is 6.42 Å². The number of pyridine rings is 1. The summed E-state index contributed by atoms with van der Waals surface area (Å²) in [4.78, 5) is 18.0. The van der Waals surface area contributed by atoms with E-state index in [0.717, 1.165) is 24.9 Å². The van der Waals surface area contributed by atoms with Gasteiger partial charge in [0.25, 0.3) is 0 Å². The summed E-state index contributed by atoms with van der Waals surface area (Å²) < 4.78 is 0. The van der Waals surface area contributed by atoms with Crippen LogP contribution in [0.15, 0.2) is 24.5 Å². The largest absolute Gasteiger partial charge is 0.335 e. The third kappa shape index (κ3) is 2.88. The Morgan fingerprint density at radius 3 is 3.06 bits per heavy atom. The smallest absolute Gasteiger partial charge is 0.237 e. The van der Waals surface area contributed by atoms with Crippen molar-refractivity contribution in [3.8, 4) is 12.3 Å². The zero-order chi connectivity index (χ0) is 12.8. The van der Waals surface area contributed by atoms with E-state index in [2.05, 4.69) is 16.2 Å². The molecule has 2 heterocycles. The van der Waals surface area contributed by atoms with Crippen LogP contribution in [0.5, 0.6) is 0 Å². The first-order valence-electron chi connectivity index (χ1n) is 6.16. The van der Waals surface area contributed by atoms with E-state index in [-0.39, 0.29) is 11.9 Å². The third-order valence-corrected chi connectivity index (χ3v) is 3.17. The Morgan fingerprint density at radius 1 is 1.56 bits per heavy atom. The number of amides is 1. The molecule has 1 N–H and O–H groups in total. The number of aromatic nitrogens is 1. The zero-order valence-electron chi connectivity index (χ0n) is 10.3. The van der Waals surface area contributed by atoms with E-state index < -0.39 is 0 Å². The summed E-state index contributed by atoms with van der Waals surface area (Å²) in [6.45, 7) is 1.56. The highest BCUT2D eigenvalue weighted by atomic mass is 16.2. The predicted molar refractivity (Wildman–Crippen MR) is 69.6 cm³/mol. The first-order valence-corrected chi connectivity index (χ1v) is 6.16. The maximum atomic E-state index is 12.1. The van der Waals surface area contributed by atoms with Crippen molar-refractivity contribution in [3.63, 3.8) is 0 Å². The van der Waals surface area contributed by atoms with Crippen molar-refractivity contribution in [1.82, 2.24) is 15.2 Å². The number of carbonyl (C=O) groups is 1. The lowest BCUT2D eigenvalue weighted by Crippen LogP contribution is -2.37. The van der Waals surface area contributed by atoms with Crippen molar-refractivity contribution in [1.29, 1.82) is 0 Å². The molecule has 18 heavy (non-hydrogen) atoms. The molecule has 0 bridgehead atoms. The third-order valence-electron chi connectivity index (χ3n) is 3.17. The predicted octanol–water partition coefficient (Wildman–Crippen LogP) is 0.968. The van der Waals surface area contributed by atoms with Crippen LogP contribution in [0.25, 0.3) is 0 Å². The van der Waals surface area contributed by atoms with Crippen molar-refractivity contribution >= 4 is 5.91 Å². The number of rotatable bonds is 4. The molecule has 1 saturated heterocycles. The van der Waals surface area contributed by atoms with Gasteiger partial charge in [0, 0.05) is 18.9 Å². The Kier molecular flexibility index (Phi) is 4.32. The highest BCUT2D eigenvalue weighted by Gasteiger charge is 2.29. The van der Waals surface area contributed by atoms with Crippen LogP contribution in [0.4, 0.5) is 0 Å². The standard InChI is InChI=1S/C14H17N3O/c1-2-7-16-11-14(18)17-10-3-4-13(17)12-5-8-15-9-6-12/h1,5-6,8-9,13,16H,3-4,7,10-11H2. The highest BCUT2D eigenvalue weighted by Crippen LogP contribution is 2.31. The average molecular weight is 243 g/mol. The molecule has 4 nitrogen and oxygen atoms in total. The molecule has 0 radical (unpaired) electrons. The van der Waals surface area contributed by atoms with Gasteiger partial charge < -0.3 is 4.90 Å². The number of likely N-dealkylation sites (tertiary alicyclic amines) is 1. The van der Waals surface area contributed by atoms with Crippen LogP contribution in [-0.2, 0) is 4.79 Å². The van der Waals surface area contributed by atoms with Crippen LogP contribution >= 0.6 is 0 Å². The van der Waals surface area contributed by atoms with Gasteiger partial charge in [0.15, 0.2) is 0 Å². The number of nitrogens with one attached hydrogen (secondary N) is 1. The summed E-state index contributed by atoms with van der Waals surface area (Å²) in [6.07, 6.45) is 10.8. The summed E-state index contributed by atoms with van der Waals surface area (Å²) in [6, 6.07) is 4.14. The molecule has 1 aromatic rings. The second-order valence-electron chi connectivity index (χ2n) is 4.33. The highest BCUT2D eigenvalue weighted by molar-refractivity contribution is 5.79. The van der Waals surface area contributed by atoms with Gasteiger partial charge in [-0.1, -0.05) is 5.92 Å². The fourth-order valence-corrected chi connectivity index (χ4v) is 2.34. The Labute approximate surface area is 107 Å². The molecular formula is C14H17N3O. The van der Waals surface area contributed by atoms with Crippen molar-refractivity contribution in [2.45, 2.75) is 18.9 Å². The van der Waals surface area contributed by atoms with Gasteiger partial charge in [-0.05, 0) is 30.5 Å². The molecule has 94 valence electrons. The molecule has 0 saturated carbocycles. The van der Waals surface area contributed by atoms with Gasteiger partial charge in [-0.3, -0.25) is 15.1 Å². The Hall–Kier alpha value is -1.86. The minimum absolute atomic E-state index is 0.115. The number of terminal acetylenes is 1. The summed E-state index contributed by atoms with van der Waals surface area (Å²) in [5, 5.41) is 2.94. The minimum Gasteiger partial charge on any atom is -0.335 e. The lowest BCUT2D eigenvalue weighted by molar-refractivity contribution is -0.131. The van der Waals surface area contributed by atoms with Crippen LogP contribution in [-0.4, -0.2) is 35.4 Å². The van der Waals surface area contributed by atoms with Crippen LogP contribution in [0.2, 0.25) is 0 Å². The second-order valence-corrected chi connectivity index (χ2v) is 4.33. The van der Waals surface area contributed by atoms with E-state index in [1.54, 1.807) is 12.4 Å².